The van der Waals surface area contributed by atoms with Crippen LogP contribution in [-0.4, -0.2) is 29.3 Å². The lowest BCUT2D eigenvalue weighted by Crippen LogP contribution is -2.34. The van der Waals surface area contributed by atoms with Gasteiger partial charge in [0.25, 0.3) is 0 Å². The fraction of sp³-hybridized carbons (Fsp3) is 0.333. The predicted octanol–water partition coefficient (Wildman–Crippen LogP) is 1.94. The smallest absolute Gasteiger partial charge is 0.241 e. The standard InChI is InChI=1S/C15H17FN4O.ClH/c1-9-13-14(10-6-4-5-7-11(10)16)17-8-12(21)19(2)15(13)20(3)18-9;/h4-7,14,17H,8H2,1-3H3;1H. The zero-order valence-corrected chi connectivity index (χ0v) is 13.4. The van der Waals surface area contributed by atoms with Crippen LogP contribution in [0.4, 0.5) is 10.2 Å². The summed E-state index contributed by atoms with van der Waals surface area (Å²) in [5, 5.41) is 7.53. The molecular formula is C15H18ClFN4O. The van der Waals surface area contributed by atoms with E-state index in [1.165, 1.54) is 6.07 Å². The number of anilines is 1. The number of aromatic nitrogens is 2. The Kier molecular flexibility index (Phi) is 4.53. The van der Waals surface area contributed by atoms with Crippen LogP contribution in [0.25, 0.3) is 0 Å². The van der Waals surface area contributed by atoms with Crippen molar-refractivity contribution < 1.29 is 9.18 Å². The Morgan fingerprint density at radius 2 is 2.00 bits per heavy atom. The average molecular weight is 325 g/mol. The van der Waals surface area contributed by atoms with Crippen LogP contribution >= 0.6 is 12.4 Å². The van der Waals surface area contributed by atoms with Gasteiger partial charge in [-0.1, -0.05) is 18.2 Å². The molecular weight excluding hydrogens is 307 g/mol. The van der Waals surface area contributed by atoms with Crippen LogP contribution in [-0.2, 0) is 11.8 Å². The molecule has 2 heterocycles. The number of hydrogen-bond donors (Lipinski definition) is 1. The van der Waals surface area contributed by atoms with Crippen LogP contribution in [0.2, 0.25) is 0 Å². The van der Waals surface area contributed by atoms with Gasteiger partial charge in [0, 0.05) is 25.2 Å². The largest absolute Gasteiger partial charge is 0.299 e. The third-order valence-electron chi connectivity index (χ3n) is 3.89. The van der Waals surface area contributed by atoms with Gasteiger partial charge in [-0.2, -0.15) is 5.10 Å². The van der Waals surface area contributed by atoms with Crippen LogP contribution in [0, 0.1) is 12.7 Å². The maximum absolute atomic E-state index is 14.2. The molecule has 118 valence electrons. The summed E-state index contributed by atoms with van der Waals surface area (Å²) < 4.78 is 15.8. The van der Waals surface area contributed by atoms with Crippen LogP contribution < -0.4 is 10.2 Å². The molecule has 0 saturated carbocycles. The number of likely N-dealkylation sites (N-methyl/N-ethyl adjacent to an activating group) is 1. The summed E-state index contributed by atoms with van der Waals surface area (Å²) in [6.45, 7) is 2.03. The topological polar surface area (TPSA) is 50.2 Å². The van der Waals surface area contributed by atoms with E-state index in [1.54, 1.807) is 41.9 Å². The van der Waals surface area contributed by atoms with Crippen molar-refractivity contribution in [1.29, 1.82) is 0 Å². The number of carbonyl (C=O) groups is 1. The van der Waals surface area contributed by atoms with Crippen LogP contribution in [0.1, 0.15) is 22.9 Å². The van der Waals surface area contributed by atoms with Gasteiger partial charge in [0.05, 0.1) is 18.3 Å². The Bertz CT molecular complexity index is 716. The summed E-state index contributed by atoms with van der Waals surface area (Å²) >= 11 is 0. The summed E-state index contributed by atoms with van der Waals surface area (Å²) in [5.41, 5.74) is 2.16. The van der Waals surface area contributed by atoms with Crippen molar-refractivity contribution in [3.8, 4) is 0 Å². The monoisotopic (exact) mass is 324 g/mol. The highest BCUT2D eigenvalue weighted by Crippen LogP contribution is 2.35. The molecule has 3 rings (SSSR count). The molecule has 0 aliphatic carbocycles. The van der Waals surface area contributed by atoms with Crippen molar-refractivity contribution in [3.05, 3.63) is 46.9 Å². The van der Waals surface area contributed by atoms with Crippen molar-refractivity contribution in [3.63, 3.8) is 0 Å². The Morgan fingerprint density at radius 3 is 2.68 bits per heavy atom. The van der Waals surface area contributed by atoms with Crippen LogP contribution in [0.3, 0.4) is 0 Å². The second-order valence-electron chi connectivity index (χ2n) is 5.23. The lowest BCUT2D eigenvalue weighted by atomic mass is 9.98. The number of benzene rings is 1. The number of nitrogens with one attached hydrogen (secondary N) is 1. The van der Waals surface area contributed by atoms with E-state index in [-0.39, 0.29) is 36.7 Å². The van der Waals surface area contributed by atoms with Gasteiger partial charge in [0.1, 0.15) is 11.6 Å². The van der Waals surface area contributed by atoms with Crippen molar-refractivity contribution in [2.45, 2.75) is 13.0 Å². The van der Waals surface area contributed by atoms with Crippen LogP contribution in [0.15, 0.2) is 24.3 Å². The molecule has 0 spiro atoms. The number of amides is 1. The van der Waals surface area contributed by atoms with Crippen molar-refractivity contribution in [2.75, 3.05) is 18.5 Å². The normalized spacial score (nSPS) is 17.7. The first-order valence-electron chi connectivity index (χ1n) is 6.78. The zero-order chi connectivity index (χ0) is 15.1. The molecule has 5 nitrogen and oxygen atoms in total. The van der Waals surface area contributed by atoms with Gasteiger partial charge in [-0.05, 0) is 13.0 Å². The molecule has 0 saturated heterocycles. The summed E-state index contributed by atoms with van der Waals surface area (Å²) in [5.74, 6) is 0.343. The lowest BCUT2D eigenvalue weighted by molar-refractivity contribution is -0.117. The number of hydrogen-bond acceptors (Lipinski definition) is 3. The van der Waals surface area contributed by atoms with E-state index in [2.05, 4.69) is 10.4 Å². The molecule has 1 aliphatic rings. The van der Waals surface area contributed by atoms with Crippen LogP contribution in [0.5, 0.6) is 0 Å². The third kappa shape index (κ3) is 2.48. The Balaban J connectivity index is 0.00000176. The molecule has 0 radical (unpaired) electrons. The molecule has 1 N–H and O–H groups in total. The number of aryl methyl sites for hydroxylation is 2. The minimum atomic E-state index is -0.385. The van der Waals surface area contributed by atoms with E-state index in [4.69, 9.17) is 0 Å². The van der Waals surface area contributed by atoms with Gasteiger partial charge in [-0.15, -0.1) is 12.4 Å². The van der Waals surface area contributed by atoms with E-state index in [0.29, 0.717) is 11.4 Å². The maximum Gasteiger partial charge on any atom is 0.241 e. The van der Waals surface area contributed by atoms with Gasteiger partial charge in [0.15, 0.2) is 0 Å². The SMILES string of the molecule is Cc1nn(C)c2c1C(c1ccccc1F)NCC(=O)N2C.Cl. The van der Waals surface area contributed by atoms with E-state index >= 15 is 0 Å². The summed E-state index contributed by atoms with van der Waals surface area (Å²) in [7, 11) is 3.51. The van der Waals surface area contributed by atoms with Gasteiger partial charge < -0.3 is 0 Å². The van der Waals surface area contributed by atoms with Crippen molar-refractivity contribution in [2.24, 2.45) is 7.05 Å². The molecule has 1 aromatic carbocycles. The number of carbonyl (C=O) groups excluding carboxylic acids is 1. The highest BCUT2D eigenvalue weighted by Gasteiger charge is 2.32. The molecule has 1 unspecified atom stereocenters. The van der Waals surface area contributed by atoms with E-state index in [1.807, 2.05) is 6.92 Å². The number of nitrogens with zero attached hydrogens (tertiary/aromatic N) is 3. The summed E-state index contributed by atoms with van der Waals surface area (Å²) in [6.07, 6.45) is 0. The van der Waals surface area contributed by atoms with Crippen molar-refractivity contribution in [1.82, 2.24) is 15.1 Å². The Labute approximate surface area is 134 Å². The quantitative estimate of drug-likeness (QED) is 0.872. The molecule has 1 atom stereocenters. The Morgan fingerprint density at radius 1 is 1.32 bits per heavy atom. The minimum absolute atomic E-state index is 0. The van der Waals surface area contributed by atoms with Gasteiger partial charge >= 0.3 is 0 Å². The molecule has 1 amide bonds. The summed E-state index contributed by atoms with van der Waals surface area (Å²) in [6, 6.07) is 6.23. The first-order valence-corrected chi connectivity index (χ1v) is 6.78. The molecule has 22 heavy (non-hydrogen) atoms. The first kappa shape index (κ1) is 16.5. The van der Waals surface area contributed by atoms with E-state index in [9.17, 15) is 9.18 Å². The molecule has 7 heteroatoms. The molecule has 1 aromatic heterocycles. The van der Waals surface area contributed by atoms with Gasteiger partial charge in [-0.3, -0.25) is 19.7 Å². The predicted molar refractivity (Wildman–Crippen MR) is 84.8 cm³/mol. The number of halogens is 2. The maximum atomic E-state index is 14.2. The zero-order valence-electron chi connectivity index (χ0n) is 12.6. The second kappa shape index (κ2) is 6.06. The average Bonchev–Trinajstić information content (AvgIpc) is 2.66. The fourth-order valence-corrected chi connectivity index (χ4v) is 2.90. The second-order valence-corrected chi connectivity index (χ2v) is 5.23. The molecule has 0 fully saturated rings. The third-order valence-corrected chi connectivity index (χ3v) is 3.89. The molecule has 2 aromatic rings. The lowest BCUT2D eigenvalue weighted by Gasteiger charge is -2.18. The minimum Gasteiger partial charge on any atom is -0.299 e. The highest BCUT2D eigenvalue weighted by molar-refractivity contribution is 5.95. The van der Waals surface area contributed by atoms with Gasteiger partial charge in [0.2, 0.25) is 5.91 Å². The highest BCUT2D eigenvalue weighted by atomic mass is 35.5. The summed E-state index contributed by atoms with van der Waals surface area (Å²) in [4.78, 5) is 13.7. The number of fused-ring (bicyclic) bond motifs is 1. The van der Waals surface area contributed by atoms with Crippen molar-refractivity contribution >= 4 is 24.1 Å². The fourth-order valence-electron chi connectivity index (χ4n) is 2.90. The van der Waals surface area contributed by atoms with E-state index < -0.39 is 0 Å². The Hall–Kier alpha value is -1.92. The first-order chi connectivity index (χ1) is 10.0. The van der Waals surface area contributed by atoms with Gasteiger partial charge in [-0.25, -0.2) is 4.39 Å². The molecule has 0 bridgehead atoms. The number of rotatable bonds is 1. The van der Waals surface area contributed by atoms with E-state index in [0.717, 1.165) is 11.3 Å². The molecule has 1 aliphatic heterocycles.